The molecule has 1 amide bonds. The van der Waals surface area contributed by atoms with Crippen LogP contribution in [0.4, 0.5) is 13.2 Å². The van der Waals surface area contributed by atoms with E-state index in [-0.39, 0.29) is 13.0 Å². The average molecular weight is 303 g/mol. The second kappa shape index (κ2) is 6.93. The Morgan fingerprint density at radius 3 is 2.38 bits per heavy atom. The van der Waals surface area contributed by atoms with Crippen LogP contribution >= 0.6 is 0 Å². The molecule has 0 aliphatic heterocycles. The van der Waals surface area contributed by atoms with Gasteiger partial charge in [0, 0.05) is 6.54 Å². The van der Waals surface area contributed by atoms with E-state index < -0.39 is 23.2 Å². The van der Waals surface area contributed by atoms with E-state index in [1.165, 1.54) is 12.1 Å². The lowest BCUT2D eigenvalue weighted by molar-refractivity contribution is -0.137. The Balaban J connectivity index is 2.64. The topological polar surface area (TPSA) is 49.3 Å². The number of aliphatic hydroxyl groups is 1. The first-order chi connectivity index (χ1) is 9.70. The fourth-order valence-electron chi connectivity index (χ4n) is 1.87. The summed E-state index contributed by atoms with van der Waals surface area (Å²) < 4.78 is 37.7. The van der Waals surface area contributed by atoms with Gasteiger partial charge in [-0.2, -0.15) is 13.2 Å². The van der Waals surface area contributed by atoms with Crippen LogP contribution in [0.2, 0.25) is 0 Å². The molecule has 0 aliphatic carbocycles. The second-order valence-corrected chi connectivity index (χ2v) is 5.08. The van der Waals surface area contributed by atoms with Gasteiger partial charge >= 0.3 is 6.18 Å². The van der Waals surface area contributed by atoms with E-state index in [9.17, 15) is 23.1 Å². The van der Waals surface area contributed by atoms with Gasteiger partial charge in [-0.1, -0.05) is 32.0 Å². The van der Waals surface area contributed by atoms with Gasteiger partial charge in [0.05, 0.1) is 17.6 Å². The first-order valence-electron chi connectivity index (χ1n) is 6.85. The Bertz CT molecular complexity index is 482. The first kappa shape index (κ1) is 17.5. The summed E-state index contributed by atoms with van der Waals surface area (Å²) in [6.07, 6.45) is -3.58. The summed E-state index contributed by atoms with van der Waals surface area (Å²) in [5.41, 5.74) is -1.45. The van der Waals surface area contributed by atoms with Gasteiger partial charge in [-0.05, 0) is 24.5 Å². The molecule has 0 saturated heterocycles. The quantitative estimate of drug-likeness (QED) is 0.849. The number of carbonyl (C=O) groups excluding carboxylic acids is 1. The summed E-state index contributed by atoms with van der Waals surface area (Å²) in [5.74, 6) is -0.408. The molecule has 21 heavy (non-hydrogen) atoms. The van der Waals surface area contributed by atoms with Gasteiger partial charge in [-0.25, -0.2) is 0 Å². The highest BCUT2D eigenvalue weighted by Gasteiger charge is 2.30. The van der Waals surface area contributed by atoms with Crippen molar-refractivity contribution in [2.75, 3.05) is 6.54 Å². The van der Waals surface area contributed by atoms with Gasteiger partial charge in [-0.15, -0.1) is 0 Å². The number of carbonyl (C=O) groups is 1. The van der Waals surface area contributed by atoms with Gasteiger partial charge < -0.3 is 10.4 Å². The molecule has 0 aliphatic rings. The molecular weight excluding hydrogens is 283 g/mol. The number of benzene rings is 1. The molecule has 2 N–H and O–H groups in total. The van der Waals surface area contributed by atoms with E-state index in [0.717, 1.165) is 12.1 Å². The number of rotatable bonds is 6. The minimum absolute atomic E-state index is 0.0950. The molecule has 0 radical (unpaired) electrons. The monoisotopic (exact) mass is 303 g/mol. The van der Waals surface area contributed by atoms with E-state index in [1.807, 2.05) is 13.8 Å². The molecular formula is C15H20F3NO2. The van der Waals surface area contributed by atoms with Crippen molar-refractivity contribution in [1.82, 2.24) is 5.32 Å². The standard InChI is InChI=1S/C15H20F3NO2/c1-3-14(21,4-2)10-19-13(20)9-11-6-5-7-12(8-11)15(16,17)18/h5-8,21H,3-4,9-10H2,1-2H3,(H,19,20). The van der Waals surface area contributed by atoms with Crippen LogP contribution in [0.25, 0.3) is 0 Å². The Hall–Kier alpha value is -1.56. The maximum Gasteiger partial charge on any atom is 0.416 e. The van der Waals surface area contributed by atoms with Crippen LogP contribution < -0.4 is 5.32 Å². The fourth-order valence-corrected chi connectivity index (χ4v) is 1.87. The zero-order chi connectivity index (χ0) is 16.1. The molecule has 0 unspecified atom stereocenters. The number of nitrogens with one attached hydrogen (secondary N) is 1. The van der Waals surface area contributed by atoms with Crippen molar-refractivity contribution in [3.8, 4) is 0 Å². The highest BCUT2D eigenvalue weighted by molar-refractivity contribution is 5.78. The predicted molar refractivity (Wildman–Crippen MR) is 73.7 cm³/mol. The van der Waals surface area contributed by atoms with Crippen LogP contribution in [-0.2, 0) is 17.4 Å². The summed E-state index contributed by atoms with van der Waals surface area (Å²) in [5, 5.41) is 12.6. The average Bonchev–Trinajstić information content (AvgIpc) is 2.44. The largest absolute Gasteiger partial charge is 0.416 e. The van der Waals surface area contributed by atoms with Crippen LogP contribution in [0.1, 0.15) is 37.8 Å². The Morgan fingerprint density at radius 1 is 1.24 bits per heavy atom. The van der Waals surface area contributed by atoms with Crippen molar-refractivity contribution in [2.24, 2.45) is 0 Å². The highest BCUT2D eigenvalue weighted by atomic mass is 19.4. The lowest BCUT2D eigenvalue weighted by Crippen LogP contribution is -2.42. The Morgan fingerprint density at radius 2 is 1.86 bits per heavy atom. The van der Waals surface area contributed by atoms with Crippen molar-refractivity contribution in [3.63, 3.8) is 0 Å². The van der Waals surface area contributed by atoms with Gasteiger partial charge in [0.2, 0.25) is 5.91 Å². The number of alkyl halides is 3. The van der Waals surface area contributed by atoms with Crippen molar-refractivity contribution in [1.29, 1.82) is 0 Å². The normalized spacial score (nSPS) is 12.3. The third kappa shape index (κ3) is 5.38. The third-order valence-electron chi connectivity index (χ3n) is 3.55. The molecule has 0 heterocycles. The zero-order valence-corrected chi connectivity index (χ0v) is 12.1. The predicted octanol–water partition coefficient (Wildman–Crippen LogP) is 2.92. The maximum atomic E-state index is 12.6. The summed E-state index contributed by atoms with van der Waals surface area (Å²) >= 11 is 0. The number of halogens is 3. The molecule has 0 atom stereocenters. The van der Waals surface area contributed by atoms with Gasteiger partial charge in [0.15, 0.2) is 0 Å². The molecule has 0 aromatic heterocycles. The molecule has 6 heteroatoms. The molecule has 0 saturated carbocycles. The van der Waals surface area contributed by atoms with Crippen molar-refractivity contribution in [2.45, 2.75) is 44.9 Å². The lowest BCUT2D eigenvalue weighted by atomic mass is 9.97. The smallest absolute Gasteiger partial charge is 0.388 e. The van der Waals surface area contributed by atoms with E-state index in [2.05, 4.69) is 5.32 Å². The Labute approximate surface area is 122 Å². The molecule has 118 valence electrons. The number of amides is 1. The van der Waals surface area contributed by atoms with Crippen LogP contribution in [0.3, 0.4) is 0 Å². The molecule has 3 nitrogen and oxygen atoms in total. The minimum Gasteiger partial charge on any atom is -0.388 e. The molecule has 1 rings (SSSR count). The van der Waals surface area contributed by atoms with Crippen molar-refractivity contribution in [3.05, 3.63) is 35.4 Å². The summed E-state index contributed by atoms with van der Waals surface area (Å²) in [6, 6.07) is 4.68. The molecule has 1 aromatic rings. The van der Waals surface area contributed by atoms with Crippen LogP contribution in [0.5, 0.6) is 0 Å². The molecule has 1 aromatic carbocycles. The SMILES string of the molecule is CCC(O)(CC)CNC(=O)Cc1cccc(C(F)(F)F)c1. The van der Waals surface area contributed by atoms with E-state index >= 15 is 0 Å². The summed E-state index contributed by atoms with van der Waals surface area (Å²) in [4.78, 5) is 11.7. The highest BCUT2D eigenvalue weighted by Crippen LogP contribution is 2.29. The first-order valence-corrected chi connectivity index (χ1v) is 6.85. The van der Waals surface area contributed by atoms with Crippen LogP contribution in [0, 0.1) is 0 Å². The summed E-state index contributed by atoms with van der Waals surface area (Å²) in [7, 11) is 0. The second-order valence-electron chi connectivity index (χ2n) is 5.08. The third-order valence-corrected chi connectivity index (χ3v) is 3.55. The summed E-state index contributed by atoms with van der Waals surface area (Å²) in [6.45, 7) is 3.71. The van der Waals surface area contributed by atoms with Crippen LogP contribution in [0.15, 0.2) is 24.3 Å². The van der Waals surface area contributed by atoms with Gasteiger partial charge in [-0.3, -0.25) is 4.79 Å². The van der Waals surface area contributed by atoms with Crippen molar-refractivity contribution >= 4 is 5.91 Å². The van der Waals surface area contributed by atoms with E-state index in [4.69, 9.17) is 0 Å². The molecule has 0 bridgehead atoms. The van der Waals surface area contributed by atoms with Crippen LogP contribution in [-0.4, -0.2) is 23.2 Å². The van der Waals surface area contributed by atoms with E-state index in [1.54, 1.807) is 0 Å². The number of hydrogen-bond acceptors (Lipinski definition) is 2. The molecule has 0 spiro atoms. The fraction of sp³-hybridized carbons (Fsp3) is 0.533. The van der Waals surface area contributed by atoms with Gasteiger partial charge in [0.1, 0.15) is 0 Å². The van der Waals surface area contributed by atoms with Gasteiger partial charge in [0.25, 0.3) is 0 Å². The maximum absolute atomic E-state index is 12.6. The Kier molecular flexibility index (Phi) is 5.78. The van der Waals surface area contributed by atoms with Crippen molar-refractivity contribution < 1.29 is 23.1 Å². The lowest BCUT2D eigenvalue weighted by Gasteiger charge is -2.25. The zero-order valence-electron chi connectivity index (χ0n) is 12.1. The molecule has 0 fully saturated rings. The number of hydrogen-bond donors (Lipinski definition) is 2. The van der Waals surface area contributed by atoms with E-state index in [0.29, 0.717) is 18.4 Å². The minimum atomic E-state index is -4.42.